The van der Waals surface area contributed by atoms with Gasteiger partial charge in [0.05, 0.1) is 7.11 Å². The highest BCUT2D eigenvalue weighted by Gasteiger charge is 2.41. The van der Waals surface area contributed by atoms with Crippen LogP contribution >= 0.6 is 0 Å². The topological polar surface area (TPSA) is 21.7 Å². The van der Waals surface area contributed by atoms with Crippen LogP contribution in [0, 0.1) is 11.8 Å². The number of methoxy groups -OCH3 is 1. The molecule has 0 aliphatic heterocycles. The second-order valence-electron chi connectivity index (χ2n) is 6.87. The summed E-state index contributed by atoms with van der Waals surface area (Å²) in [5.74, 6) is 3.41. The lowest BCUT2D eigenvalue weighted by Crippen LogP contribution is -2.23. The smallest absolute Gasteiger partial charge is 0.161 e. The first-order chi connectivity index (χ1) is 10.7. The van der Waals surface area contributed by atoms with Crippen LogP contribution in [0.2, 0.25) is 0 Å². The number of fused-ring (bicyclic) bond motifs is 2. The Hall–Kier alpha value is -1.64. The number of hydrogen-bond acceptors (Lipinski definition) is 3. The van der Waals surface area contributed by atoms with Gasteiger partial charge in [0.15, 0.2) is 11.5 Å². The Labute approximate surface area is 133 Å². The molecular weight excluding hydrogens is 274 g/mol. The number of hydrogen-bond donors (Lipinski definition) is 0. The molecule has 2 aliphatic rings. The Bertz CT molecular complexity index is 538. The molecule has 0 saturated heterocycles. The van der Waals surface area contributed by atoms with E-state index in [-0.39, 0.29) is 0 Å². The molecule has 0 aromatic heterocycles. The van der Waals surface area contributed by atoms with Crippen molar-refractivity contribution in [1.82, 2.24) is 4.90 Å². The van der Waals surface area contributed by atoms with Crippen molar-refractivity contribution < 1.29 is 9.47 Å². The second kappa shape index (κ2) is 6.64. The molecule has 120 valence electrons. The van der Waals surface area contributed by atoms with Crippen LogP contribution in [0.15, 0.2) is 30.5 Å². The fourth-order valence-corrected chi connectivity index (χ4v) is 3.83. The first kappa shape index (κ1) is 15.3. The van der Waals surface area contributed by atoms with Gasteiger partial charge in [-0.2, -0.15) is 0 Å². The van der Waals surface area contributed by atoms with Crippen molar-refractivity contribution in [3.8, 4) is 11.5 Å². The van der Waals surface area contributed by atoms with E-state index in [2.05, 4.69) is 29.3 Å². The predicted octanol–water partition coefficient (Wildman–Crippen LogP) is 3.88. The van der Waals surface area contributed by atoms with Crippen LogP contribution in [0.4, 0.5) is 0 Å². The fourth-order valence-electron chi connectivity index (χ4n) is 3.83. The third kappa shape index (κ3) is 3.40. The Balaban J connectivity index is 1.70. The SMILES string of the molecule is COc1ccc(CC=CN(C)C)cc1OC1CC2CCC1C2. The van der Waals surface area contributed by atoms with Crippen LogP contribution in [0.5, 0.6) is 11.5 Å². The first-order valence-corrected chi connectivity index (χ1v) is 8.32. The van der Waals surface area contributed by atoms with E-state index in [1.165, 1.54) is 31.2 Å². The molecule has 3 nitrogen and oxygen atoms in total. The molecule has 2 fully saturated rings. The summed E-state index contributed by atoms with van der Waals surface area (Å²) in [5, 5.41) is 0. The summed E-state index contributed by atoms with van der Waals surface area (Å²) in [6.45, 7) is 0. The monoisotopic (exact) mass is 301 g/mol. The molecule has 2 aliphatic carbocycles. The first-order valence-electron chi connectivity index (χ1n) is 8.32. The summed E-state index contributed by atoms with van der Waals surface area (Å²) in [4.78, 5) is 2.05. The van der Waals surface area contributed by atoms with Crippen molar-refractivity contribution >= 4 is 0 Å². The molecular formula is C19H27NO2. The Kier molecular flexibility index (Phi) is 4.60. The zero-order chi connectivity index (χ0) is 15.5. The average molecular weight is 301 g/mol. The molecule has 3 unspecified atom stereocenters. The maximum absolute atomic E-state index is 6.34. The van der Waals surface area contributed by atoms with Crippen LogP contribution in [0.1, 0.15) is 31.2 Å². The van der Waals surface area contributed by atoms with Gasteiger partial charge in [0.25, 0.3) is 0 Å². The van der Waals surface area contributed by atoms with Crippen molar-refractivity contribution in [3.63, 3.8) is 0 Å². The Morgan fingerprint density at radius 3 is 2.68 bits per heavy atom. The summed E-state index contributed by atoms with van der Waals surface area (Å²) in [5.41, 5.74) is 1.26. The number of benzene rings is 1. The standard InChI is InChI=1S/C19H27NO2/c1-20(2)10-4-5-14-7-9-17(21-3)19(12-14)22-18-13-15-6-8-16(18)11-15/h4,7,9-10,12,15-16,18H,5-6,8,11,13H2,1-3H3. The molecule has 3 atom stereocenters. The van der Waals surface area contributed by atoms with Gasteiger partial charge in [-0.3, -0.25) is 0 Å². The number of nitrogens with zero attached hydrogens (tertiary/aromatic N) is 1. The molecule has 0 heterocycles. The maximum Gasteiger partial charge on any atom is 0.161 e. The maximum atomic E-state index is 6.34. The van der Waals surface area contributed by atoms with Gasteiger partial charge in [0, 0.05) is 14.1 Å². The van der Waals surface area contributed by atoms with Crippen LogP contribution < -0.4 is 9.47 Å². The molecule has 3 rings (SSSR count). The van der Waals surface area contributed by atoms with Gasteiger partial charge < -0.3 is 14.4 Å². The molecule has 1 aromatic rings. The predicted molar refractivity (Wildman–Crippen MR) is 89.4 cm³/mol. The van der Waals surface area contributed by atoms with Gasteiger partial charge in [-0.15, -0.1) is 0 Å². The van der Waals surface area contributed by atoms with Gasteiger partial charge in [-0.1, -0.05) is 12.1 Å². The molecule has 0 radical (unpaired) electrons. The van der Waals surface area contributed by atoms with E-state index in [9.17, 15) is 0 Å². The van der Waals surface area contributed by atoms with Gasteiger partial charge in [0.2, 0.25) is 0 Å². The quantitative estimate of drug-likeness (QED) is 0.796. The lowest BCUT2D eigenvalue weighted by molar-refractivity contribution is 0.133. The minimum absolute atomic E-state index is 0.389. The lowest BCUT2D eigenvalue weighted by Gasteiger charge is -2.24. The van der Waals surface area contributed by atoms with E-state index >= 15 is 0 Å². The van der Waals surface area contributed by atoms with Crippen molar-refractivity contribution in [2.75, 3.05) is 21.2 Å². The minimum atomic E-state index is 0.389. The third-order valence-electron chi connectivity index (χ3n) is 4.94. The summed E-state index contributed by atoms with van der Waals surface area (Å²) in [6, 6.07) is 6.29. The van der Waals surface area contributed by atoms with Crippen molar-refractivity contribution in [1.29, 1.82) is 0 Å². The minimum Gasteiger partial charge on any atom is -0.493 e. The Morgan fingerprint density at radius 2 is 2.05 bits per heavy atom. The molecule has 0 amide bonds. The molecule has 22 heavy (non-hydrogen) atoms. The zero-order valence-corrected chi connectivity index (χ0v) is 13.9. The van der Waals surface area contributed by atoms with Gasteiger partial charge in [-0.05, 0) is 67.8 Å². The van der Waals surface area contributed by atoms with Crippen molar-refractivity contribution in [2.45, 2.75) is 38.2 Å². The molecule has 1 aromatic carbocycles. The fraction of sp³-hybridized carbons (Fsp3) is 0.579. The highest BCUT2D eigenvalue weighted by atomic mass is 16.5. The molecule has 0 spiro atoms. The van der Waals surface area contributed by atoms with Crippen LogP contribution in [-0.4, -0.2) is 32.2 Å². The summed E-state index contributed by atoms with van der Waals surface area (Å²) >= 11 is 0. The van der Waals surface area contributed by atoms with E-state index in [0.29, 0.717) is 6.10 Å². The number of allylic oxidation sites excluding steroid dienone is 1. The molecule has 2 bridgehead atoms. The van der Waals surface area contributed by atoms with Crippen molar-refractivity contribution in [2.24, 2.45) is 11.8 Å². The van der Waals surface area contributed by atoms with E-state index in [4.69, 9.17) is 9.47 Å². The summed E-state index contributed by atoms with van der Waals surface area (Å²) in [7, 11) is 5.79. The highest BCUT2D eigenvalue weighted by Crippen LogP contribution is 2.46. The van der Waals surface area contributed by atoms with Crippen molar-refractivity contribution in [3.05, 3.63) is 36.0 Å². The molecule has 2 saturated carbocycles. The third-order valence-corrected chi connectivity index (χ3v) is 4.94. The largest absolute Gasteiger partial charge is 0.493 e. The van der Waals surface area contributed by atoms with Gasteiger partial charge >= 0.3 is 0 Å². The summed E-state index contributed by atoms with van der Waals surface area (Å²) < 4.78 is 11.8. The second-order valence-corrected chi connectivity index (χ2v) is 6.87. The molecule has 0 N–H and O–H groups in total. The van der Waals surface area contributed by atoms with Crippen LogP contribution in [-0.2, 0) is 6.42 Å². The lowest BCUT2D eigenvalue weighted by atomic mass is 9.97. The molecule has 3 heteroatoms. The van der Waals surface area contributed by atoms with E-state index in [1.54, 1.807) is 7.11 Å². The Morgan fingerprint density at radius 1 is 1.18 bits per heavy atom. The van der Waals surface area contributed by atoms with E-state index in [0.717, 1.165) is 29.8 Å². The van der Waals surface area contributed by atoms with Gasteiger partial charge in [-0.25, -0.2) is 0 Å². The average Bonchev–Trinajstić information content (AvgIpc) is 3.10. The normalized spacial score (nSPS) is 26.6. The summed E-state index contributed by atoms with van der Waals surface area (Å²) in [6.07, 6.45) is 10.9. The zero-order valence-electron chi connectivity index (χ0n) is 13.9. The van der Waals surface area contributed by atoms with E-state index in [1.807, 2.05) is 20.2 Å². The van der Waals surface area contributed by atoms with Crippen LogP contribution in [0.3, 0.4) is 0 Å². The van der Waals surface area contributed by atoms with E-state index < -0.39 is 0 Å². The number of ether oxygens (including phenoxy) is 2. The number of rotatable bonds is 6. The highest BCUT2D eigenvalue weighted by molar-refractivity contribution is 5.43. The van der Waals surface area contributed by atoms with Crippen LogP contribution in [0.25, 0.3) is 0 Å². The van der Waals surface area contributed by atoms with Gasteiger partial charge in [0.1, 0.15) is 6.10 Å².